The lowest BCUT2D eigenvalue weighted by Gasteiger charge is -2.00. The van der Waals surface area contributed by atoms with Gasteiger partial charge in [0.15, 0.2) is 0 Å². The Hall–Kier alpha value is -2.42. The van der Waals surface area contributed by atoms with E-state index in [0.717, 1.165) is 17.5 Å². The predicted molar refractivity (Wildman–Crippen MR) is 83.8 cm³/mol. The van der Waals surface area contributed by atoms with Crippen molar-refractivity contribution in [1.29, 1.82) is 0 Å². The van der Waals surface area contributed by atoms with Crippen molar-refractivity contribution in [2.45, 2.75) is 26.2 Å². The maximum absolute atomic E-state index is 5.75. The van der Waals surface area contributed by atoms with Crippen LogP contribution in [0.2, 0.25) is 0 Å². The summed E-state index contributed by atoms with van der Waals surface area (Å²) in [5.41, 5.74) is 3.25. The zero-order valence-electron chi connectivity index (χ0n) is 12.1. The molecule has 0 bridgehead atoms. The molecule has 0 aliphatic carbocycles. The number of rotatable bonds is 5. The monoisotopic (exact) mass is 278 g/mol. The minimum Gasteiger partial charge on any atom is -0.416 e. The number of benzene rings is 2. The SMILES string of the molecule is CCCCc1ccc(-c2nnc(-c3ccccc3)o2)cc1. The van der Waals surface area contributed by atoms with Gasteiger partial charge in [0.05, 0.1) is 0 Å². The van der Waals surface area contributed by atoms with E-state index in [1.807, 2.05) is 42.5 Å². The van der Waals surface area contributed by atoms with Crippen molar-refractivity contribution in [3.63, 3.8) is 0 Å². The lowest BCUT2D eigenvalue weighted by Crippen LogP contribution is -1.85. The summed E-state index contributed by atoms with van der Waals surface area (Å²) in [6.07, 6.45) is 3.56. The Morgan fingerprint density at radius 2 is 1.43 bits per heavy atom. The molecule has 0 atom stereocenters. The third-order valence-electron chi connectivity index (χ3n) is 3.47. The van der Waals surface area contributed by atoms with Gasteiger partial charge in [-0.2, -0.15) is 0 Å². The van der Waals surface area contributed by atoms with Crippen LogP contribution in [0.4, 0.5) is 0 Å². The van der Waals surface area contributed by atoms with E-state index >= 15 is 0 Å². The molecule has 1 heterocycles. The van der Waals surface area contributed by atoms with E-state index in [1.54, 1.807) is 0 Å². The molecule has 0 amide bonds. The largest absolute Gasteiger partial charge is 0.416 e. The van der Waals surface area contributed by atoms with Crippen molar-refractivity contribution < 1.29 is 4.42 Å². The van der Waals surface area contributed by atoms with Gasteiger partial charge in [0.25, 0.3) is 0 Å². The molecule has 0 radical (unpaired) electrons. The summed E-state index contributed by atoms with van der Waals surface area (Å²) in [5.74, 6) is 1.12. The van der Waals surface area contributed by atoms with Crippen LogP contribution in [0.25, 0.3) is 22.9 Å². The van der Waals surface area contributed by atoms with Gasteiger partial charge < -0.3 is 4.42 Å². The van der Waals surface area contributed by atoms with Crippen molar-refractivity contribution in [3.8, 4) is 22.9 Å². The maximum atomic E-state index is 5.75. The molecule has 106 valence electrons. The number of aromatic nitrogens is 2. The average Bonchev–Trinajstić information content (AvgIpc) is 3.04. The Balaban J connectivity index is 1.80. The molecule has 0 saturated carbocycles. The molecule has 0 spiro atoms. The van der Waals surface area contributed by atoms with Gasteiger partial charge in [-0.25, -0.2) is 0 Å². The molecule has 0 N–H and O–H groups in total. The fourth-order valence-electron chi connectivity index (χ4n) is 2.23. The molecule has 2 aromatic carbocycles. The van der Waals surface area contributed by atoms with Crippen molar-refractivity contribution in [3.05, 3.63) is 60.2 Å². The quantitative estimate of drug-likeness (QED) is 0.676. The van der Waals surface area contributed by atoms with Gasteiger partial charge in [0, 0.05) is 11.1 Å². The van der Waals surface area contributed by atoms with E-state index in [9.17, 15) is 0 Å². The van der Waals surface area contributed by atoms with Gasteiger partial charge >= 0.3 is 0 Å². The second kappa shape index (κ2) is 6.35. The highest BCUT2D eigenvalue weighted by Gasteiger charge is 2.09. The topological polar surface area (TPSA) is 38.9 Å². The number of hydrogen-bond acceptors (Lipinski definition) is 3. The molecule has 21 heavy (non-hydrogen) atoms. The third kappa shape index (κ3) is 3.19. The summed E-state index contributed by atoms with van der Waals surface area (Å²) in [7, 11) is 0. The summed E-state index contributed by atoms with van der Waals surface area (Å²) in [4.78, 5) is 0. The third-order valence-corrected chi connectivity index (χ3v) is 3.47. The van der Waals surface area contributed by atoms with E-state index in [-0.39, 0.29) is 0 Å². The summed E-state index contributed by atoms with van der Waals surface area (Å²) in [6, 6.07) is 18.2. The van der Waals surface area contributed by atoms with Crippen molar-refractivity contribution in [2.75, 3.05) is 0 Å². The lowest BCUT2D eigenvalue weighted by atomic mass is 10.1. The van der Waals surface area contributed by atoms with Crippen LogP contribution in [-0.2, 0) is 6.42 Å². The van der Waals surface area contributed by atoms with Crippen LogP contribution >= 0.6 is 0 Å². The van der Waals surface area contributed by atoms with Crippen LogP contribution in [-0.4, -0.2) is 10.2 Å². The Kier molecular flexibility index (Phi) is 4.10. The Morgan fingerprint density at radius 3 is 2.05 bits per heavy atom. The Morgan fingerprint density at radius 1 is 0.810 bits per heavy atom. The summed E-state index contributed by atoms with van der Waals surface area (Å²) in [5, 5.41) is 8.26. The number of aryl methyl sites for hydroxylation is 1. The van der Waals surface area contributed by atoms with Gasteiger partial charge in [0.2, 0.25) is 11.8 Å². The van der Waals surface area contributed by atoms with Gasteiger partial charge in [-0.3, -0.25) is 0 Å². The standard InChI is InChI=1S/C18H18N2O/c1-2-3-7-14-10-12-16(13-11-14)18-20-19-17(21-18)15-8-5-4-6-9-15/h4-6,8-13H,2-3,7H2,1H3. The molecular weight excluding hydrogens is 260 g/mol. The van der Waals surface area contributed by atoms with E-state index in [0.29, 0.717) is 11.8 Å². The molecule has 1 aromatic heterocycles. The van der Waals surface area contributed by atoms with Gasteiger partial charge in [-0.05, 0) is 42.7 Å². The highest BCUT2D eigenvalue weighted by molar-refractivity contribution is 5.57. The van der Waals surface area contributed by atoms with E-state index in [1.165, 1.54) is 18.4 Å². The first-order chi connectivity index (χ1) is 10.4. The fourth-order valence-corrected chi connectivity index (χ4v) is 2.23. The number of hydrogen-bond donors (Lipinski definition) is 0. The molecule has 3 heteroatoms. The summed E-state index contributed by atoms with van der Waals surface area (Å²) >= 11 is 0. The van der Waals surface area contributed by atoms with Gasteiger partial charge in [-0.1, -0.05) is 43.7 Å². The second-order valence-corrected chi connectivity index (χ2v) is 5.08. The van der Waals surface area contributed by atoms with E-state index in [4.69, 9.17) is 4.42 Å². The molecule has 0 aliphatic heterocycles. The maximum Gasteiger partial charge on any atom is 0.248 e. The first kappa shape index (κ1) is 13.6. The average molecular weight is 278 g/mol. The van der Waals surface area contributed by atoms with Gasteiger partial charge in [0.1, 0.15) is 0 Å². The highest BCUT2D eigenvalue weighted by Crippen LogP contribution is 2.24. The zero-order valence-corrected chi connectivity index (χ0v) is 12.1. The number of nitrogens with zero attached hydrogens (tertiary/aromatic N) is 2. The van der Waals surface area contributed by atoms with Crippen molar-refractivity contribution in [2.24, 2.45) is 0 Å². The second-order valence-electron chi connectivity index (χ2n) is 5.08. The lowest BCUT2D eigenvalue weighted by molar-refractivity contribution is 0.584. The first-order valence-corrected chi connectivity index (χ1v) is 7.35. The zero-order chi connectivity index (χ0) is 14.5. The molecule has 3 rings (SSSR count). The van der Waals surface area contributed by atoms with Crippen LogP contribution in [0, 0.1) is 0 Å². The van der Waals surface area contributed by atoms with E-state index in [2.05, 4.69) is 29.3 Å². The summed E-state index contributed by atoms with van der Waals surface area (Å²) < 4.78 is 5.75. The van der Waals surface area contributed by atoms with Crippen LogP contribution in [0.3, 0.4) is 0 Å². The molecule has 3 nitrogen and oxygen atoms in total. The molecule has 3 aromatic rings. The predicted octanol–water partition coefficient (Wildman–Crippen LogP) is 4.75. The molecular formula is C18H18N2O. The van der Waals surface area contributed by atoms with Gasteiger partial charge in [-0.15, -0.1) is 10.2 Å². The fraction of sp³-hybridized carbons (Fsp3) is 0.222. The van der Waals surface area contributed by atoms with Crippen LogP contribution < -0.4 is 0 Å². The minimum atomic E-state index is 0.556. The Labute approximate surface area is 124 Å². The van der Waals surface area contributed by atoms with Crippen LogP contribution in [0.5, 0.6) is 0 Å². The first-order valence-electron chi connectivity index (χ1n) is 7.35. The smallest absolute Gasteiger partial charge is 0.248 e. The number of unbranched alkanes of at least 4 members (excludes halogenated alkanes) is 1. The van der Waals surface area contributed by atoms with Crippen molar-refractivity contribution >= 4 is 0 Å². The highest BCUT2D eigenvalue weighted by atomic mass is 16.4. The summed E-state index contributed by atoms with van der Waals surface area (Å²) in [6.45, 7) is 2.21. The molecule has 0 aliphatic rings. The Bertz CT molecular complexity index is 687. The minimum absolute atomic E-state index is 0.556. The normalized spacial score (nSPS) is 10.7. The molecule has 0 saturated heterocycles. The van der Waals surface area contributed by atoms with Crippen LogP contribution in [0.1, 0.15) is 25.3 Å². The van der Waals surface area contributed by atoms with E-state index < -0.39 is 0 Å². The molecule has 0 fully saturated rings. The van der Waals surface area contributed by atoms with Crippen LogP contribution in [0.15, 0.2) is 59.0 Å². The van der Waals surface area contributed by atoms with Crippen molar-refractivity contribution in [1.82, 2.24) is 10.2 Å². The molecule has 0 unspecified atom stereocenters.